The number of benzene rings is 1. The summed E-state index contributed by atoms with van der Waals surface area (Å²) in [6.45, 7) is 5.58. The average molecular weight is 405 g/mol. The maximum Gasteiger partial charge on any atom is 0.332 e. The Kier molecular flexibility index (Phi) is 7.83. The molecule has 9 heteroatoms. The van der Waals surface area contributed by atoms with Gasteiger partial charge >= 0.3 is 5.97 Å². The molecule has 1 aromatic carbocycles. The van der Waals surface area contributed by atoms with E-state index in [1.54, 1.807) is 6.92 Å². The molecule has 0 N–H and O–H groups in total. The first-order valence-corrected chi connectivity index (χ1v) is 9.90. The van der Waals surface area contributed by atoms with Crippen molar-refractivity contribution < 1.29 is 24.0 Å². The molecule has 0 saturated carbocycles. The Bertz CT molecular complexity index is 746. The summed E-state index contributed by atoms with van der Waals surface area (Å²) in [6, 6.07) is 3.92. The lowest BCUT2D eigenvalue weighted by molar-refractivity contribution is -0.384. The van der Waals surface area contributed by atoms with Gasteiger partial charge in [-0.3, -0.25) is 19.7 Å². The number of nitro groups is 1. The van der Waals surface area contributed by atoms with Crippen LogP contribution in [0.1, 0.15) is 52.9 Å². The molecule has 0 radical (unpaired) electrons. The smallest absolute Gasteiger partial charge is 0.332 e. The minimum Gasteiger partial charge on any atom is -0.464 e. The average Bonchev–Trinajstić information content (AvgIpc) is 2.98. The van der Waals surface area contributed by atoms with E-state index in [2.05, 4.69) is 0 Å². The van der Waals surface area contributed by atoms with Gasteiger partial charge in [0.05, 0.1) is 17.2 Å². The minimum absolute atomic E-state index is 0.110. The van der Waals surface area contributed by atoms with Gasteiger partial charge < -0.3 is 4.74 Å². The molecule has 1 fully saturated rings. The molecule has 0 bridgehead atoms. The lowest BCUT2D eigenvalue weighted by Gasteiger charge is -2.36. The van der Waals surface area contributed by atoms with E-state index in [1.807, 2.05) is 13.8 Å². The van der Waals surface area contributed by atoms with Gasteiger partial charge in [0.15, 0.2) is 11.8 Å². The number of nitrogens with zero attached hydrogens (tertiary/aromatic N) is 3. The van der Waals surface area contributed by atoms with Crippen molar-refractivity contribution in [2.75, 3.05) is 11.6 Å². The standard InChI is InChI=1S/C20H27N3O6/c1-4-7-16-13-18(25)21(14-9-11-15(12-10-14)23(27)28)22(16)19(17(24)8-5-2)20(26)29-6-3/h9-12,16,19H,4-8,13H2,1-3H3. The predicted molar refractivity (Wildman–Crippen MR) is 106 cm³/mol. The van der Waals surface area contributed by atoms with Crippen LogP contribution in [0.25, 0.3) is 0 Å². The van der Waals surface area contributed by atoms with Crippen molar-refractivity contribution >= 4 is 29.0 Å². The molecule has 29 heavy (non-hydrogen) atoms. The third-order valence-electron chi connectivity index (χ3n) is 4.75. The normalized spacial score (nSPS) is 18.0. The van der Waals surface area contributed by atoms with E-state index in [0.29, 0.717) is 18.5 Å². The number of amides is 1. The summed E-state index contributed by atoms with van der Waals surface area (Å²) in [5.41, 5.74) is 0.263. The highest BCUT2D eigenvalue weighted by Gasteiger charge is 2.47. The summed E-state index contributed by atoms with van der Waals surface area (Å²) >= 11 is 0. The first-order valence-electron chi connectivity index (χ1n) is 9.90. The summed E-state index contributed by atoms with van der Waals surface area (Å²) in [7, 11) is 0. The third kappa shape index (κ3) is 4.97. The van der Waals surface area contributed by atoms with Crippen molar-refractivity contribution in [3.63, 3.8) is 0 Å². The Morgan fingerprint density at radius 3 is 2.38 bits per heavy atom. The Morgan fingerprint density at radius 2 is 1.86 bits per heavy atom. The van der Waals surface area contributed by atoms with Gasteiger partial charge in [-0.1, -0.05) is 20.3 Å². The zero-order valence-electron chi connectivity index (χ0n) is 17.0. The maximum atomic E-state index is 12.9. The quantitative estimate of drug-likeness (QED) is 0.255. The fraction of sp³-hybridized carbons (Fsp3) is 0.550. The molecule has 2 unspecified atom stereocenters. The highest BCUT2D eigenvalue weighted by molar-refractivity contribution is 6.05. The van der Waals surface area contributed by atoms with Crippen molar-refractivity contribution in [1.29, 1.82) is 0 Å². The van der Waals surface area contributed by atoms with Crippen LogP contribution in [0, 0.1) is 10.1 Å². The van der Waals surface area contributed by atoms with E-state index >= 15 is 0 Å². The molecule has 2 atom stereocenters. The number of rotatable bonds is 10. The van der Waals surface area contributed by atoms with Crippen LogP contribution in [-0.2, 0) is 19.1 Å². The van der Waals surface area contributed by atoms with Crippen LogP contribution >= 0.6 is 0 Å². The van der Waals surface area contributed by atoms with E-state index in [-0.39, 0.29) is 42.9 Å². The molecule has 1 amide bonds. The lowest BCUT2D eigenvalue weighted by atomic mass is 10.0. The molecular weight excluding hydrogens is 378 g/mol. The minimum atomic E-state index is -1.23. The van der Waals surface area contributed by atoms with E-state index < -0.39 is 16.9 Å². The summed E-state index contributed by atoms with van der Waals surface area (Å²) < 4.78 is 5.15. The number of hydrogen-bond acceptors (Lipinski definition) is 7. The second kappa shape index (κ2) is 10.1. The fourth-order valence-corrected chi connectivity index (χ4v) is 3.55. The summed E-state index contributed by atoms with van der Waals surface area (Å²) in [6.07, 6.45) is 2.28. The second-order valence-corrected chi connectivity index (χ2v) is 6.88. The lowest BCUT2D eigenvalue weighted by Crippen LogP contribution is -2.56. The van der Waals surface area contributed by atoms with Crippen LogP contribution in [0.4, 0.5) is 11.4 Å². The van der Waals surface area contributed by atoms with Gasteiger partial charge in [-0.15, -0.1) is 0 Å². The zero-order valence-corrected chi connectivity index (χ0v) is 17.0. The number of ether oxygens (including phenoxy) is 1. The van der Waals surface area contributed by atoms with Crippen LogP contribution in [0.15, 0.2) is 24.3 Å². The maximum absolute atomic E-state index is 12.9. The number of hydrogen-bond donors (Lipinski definition) is 0. The molecule has 9 nitrogen and oxygen atoms in total. The molecule has 1 aromatic rings. The number of hydrazine groups is 1. The van der Waals surface area contributed by atoms with E-state index in [0.717, 1.165) is 6.42 Å². The Morgan fingerprint density at radius 1 is 1.21 bits per heavy atom. The van der Waals surface area contributed by atoms with Crippen molar-refractivity contribution in [3.8, 4) is 0 Å². The van der Waals surface area contributed by atoms with Gasteiger partial charge in [-0.2, -0.15) is 5.01 Å². The van der Waals surface area contributed by atoms with Crippen LogP contribution in [-0.4, -0.2) is 46.3 Å². The zero-order chi connectivity index (χ0) is 21.6. The van der Waals surface area contributed by atoms with Gasteiger partial charge in [-0.25, -0.2) is 9.80 Å². The van der Waals surface area contributed by atoms with Crippen LogP contribution in [0.3, 0.4) is 0 Å². The predicted octanol–water partition coefficient (Wildman–Crippen LogP) is 3.02. The Balaban J connectivity index is 2.50. The van der Waals surface area contributed by atoms with Crippen molar-refractivity contribution in [3.05, 3.63) is 34.4 Å². The molecule has 1 aliphatic heterocycles. The fourth-order valence-electron chi connectivity index (χ4n) is 3.55. The summed E-state index contributed by atoms with van der Waals surface area (Å²) in [4.78, 5) is 48.8. The number of carbonyl (C=O) groups is 3. The van der Waals surface area contributed by atoms with E-state index in [1.165, 1.54) is 34.3 Å². The van der Waals surface area contributed by atoms with Gasteiger partial charge in [0.2, 0.25) is 5.91 Å². The third-order valence-corrected chi connectivity index (χ3v) is 4.75. The molecule has 0 aromatic heterocycles. The highest BCUT2D eigenvalue weighted by Crippen LogP contribution is 2.33. The molecule has 0 aliphatic carbocycles. The molecule has 2 rings (SSSR count). The molecule has 158 valence electrons. The first-order chi connectivity index (χ1) is 13.8. The molecule has 1 saturated heterocycles. The summed E-state index contributed by atoms with van der Waals surface area (Å²) in [5, 5.41) is 13.8. The van der Waals surface area contributed by atoms with Gasteiger partial charge in [0.25, 0.3) is 5.69 Å². The van der Waals surface area contributed by atoms with Crippen molar-refractivity contribution in [2.24, 2.45) is 0 Å². The Hall–Kier alpha value is -2.81. The number of ketones is 1. The van der Waals surface area contributed by atoms with Gasteiger partial charge in [0.1, 0.15) is 0 Å². The topological polar surface area (TPSA) is 110 Å². The molecule has 0 spiro atoms. The first kappa shape index (κ1) is 22.5. The van der Waals surface area contributed by atoms with E-state index in [4.69, 9.17) is 4.74 Å². The summed E-state index contributed by atoms with van der Waals surface area (Å²) in [5.74, 6) is -1.27. The van der Waals surface area contributed by atoms with Crippen LogP contribution in [0.5, 0.6) is 0 Å². The van der Waals surface area contributed by atoms with Crippen LogP contribution in [0.2, 0.25) is 0 Å². The van der Waals surface area contributed by atoms with Crippen LogP contribution < -0.4 is 5.01 Å². The number of Topliss-reactive ketones (excluding diaryl/α,β-unsaturated/α-hetero) is 1. The van der Waals surface area contributed by atoms with Crippen molar-refractivity contribution in [1.82, 2.24) is 5.01 Å². The monoisotopic (exact) mass is 405 g/mol. The highest BCUT2D eigenvalue weighted by atomic mass is 16.6. The largest absolute Gasteiger partial charge is 0.464 e. The molecule has 1 heterocycles. The number of non-ortho nitro benzene ring substituents is 1. The van der Waals surface area contributed by atoms with E-state index in [9.17, 15) is 24.5 Å². The molecular formula is C20H27N3O6. The number of esters is 1. The number of nitro benzene ring substituents is 1. The number of anilines is 1. The molecule has 1 aliphatic rings. The van der Waals surface area contributed by atoms with Gasteiger partial charge in [-0.05, 0) is 31.9 Å². The number of carbonyl (C=O) groups excluding carboxylic acids is 3. The van der Waals surface area contributed by atoms with Crippen molar-refractivity contribution in [2.45, 2.75) is 65.0 Å². The SMILES string of the molecule is CCCC(=O)C(C(=O)OCC)N1C(CCC)CC(=O)N1c1ccc([N+](=O)[O-])cc1. The Labute approximate surface area is 169 Å². The van der Waals surface area contributed by atoms with Gasteiger partial charge in [0, 0.05) is 31.0 Å². The second-order valence-electron chi connectivity index (χ2n) is 6.88.